The summed E-state index contributed by atoms with van der Waals surface area (Å²) in [5.74, 6) is -0.0577. The highest BCUT2D eigenvalue weighted by molar-refractivity contribution is 5.69. The molecule has 0 aromatic heterocycles. The van der Waals surface area contributed by atoms with E-state index in [1.165, 1.54) is 77.0 Å². The number of esters is 1. The molecule has 0 saturated heterocycles. The molecule has 5 nitrogen and oxygen atoms in total. The average Bonchev–Trinajstić information content (AvgIpc) is 2.84. The van der Waals surface area contributed by atoms with E-state index < -0.39 is 0 Å². The maximum atomic E-state index is 11.3. The van der Waals surface area contributed by atoms with Gasteiger partial charge in [-0.3, -0.25) is 4.79 Å². The molecular formula is C30H59NO4. The Morgan fingerprint density at radius 3 is 1.69 bits per heavy atom. The molecule has 0 saturated carbocycles. The lowest BCUT2D eigenvalue weighted by Gasteiger charge is -2.24. The highest BCUT2D eigenvalue weighted by Crippen LogP contribution is 2.10. The van der Waals surface area contributed by atoms with Crippen molar-refractivity contribution in [2.24, 2.45) is 0 Å². The molecular weight excluding hydrogens is 438 g/mol. The average molecular weight is 498 g/mol. The topological polar surface area (TPSA) is 48.0 Å². The number of carbonyl (C=O) groups excluding carboxylic acids is 1. The number of hydrogen-bond donors (Lipinski definition) is 0. The Kier molecular flexibility index (Phi) is 27.0. The molecule has 0 aliphatic rings. The maximum Gasteiger partial charge on any atom is 0.305 e. The van der Waals surface area contributed by atoms with E-state index in [4.69, 9.17) is 14.2 Å². The second-order valence-corrected chi connectivity index (χ2v) is 9.97. The molecule has 0 radical (unpaired) electrons. The fourth-order valence-electron chi connectivity index (χ4n) is 3.94. The molecule has 1 unspecified atom stereocenters. The Balaban J connectivity index is 3.42. The molecule has 208 valence electrons. The van der Waals surface area contributed by atoms with E-state index in [9.17, 15) is 4.79 Å². The zero-order valence-electron chi connectivity index (χ0n) is 23.9. The molecule has 0 heterocycles. The molecule has 0 aromatic carbocycles. The van der Waals surface area contributed by atoms with Gasteiger partial charge in [0.05, 0.1) is 25.9 Å². The molecule has 0 rings (SSSR count). The Hall–Kier alpha value is -0.910. The minimum Gasteiger partial charge on any atom is -0.466 e. The van der Waals surface area contributed by atoms with E-state index in [1.54, 1.807) is 0 Å². The SMILES string of the molecule is CCCCCCCOCC(COCCCCCCCCC=CCCCCCC(=O)OCC)N(C)C. The fraction of sp³-hybridized carbons (Fsp3) is 0.900. The Labute approximate surface area is 218 Å². The van der Waals surface area contributed by atoms with Crippen LogP contribution in [0.5, 0.6) is 0 Å². The van der Waals surface area contributed by atoms with Crippen LogP contribution in [0.2, 0.25) is 0 Å². The molecule has 35 heavy (non-hydrogen) atoms. The van der Waals surface area contributed by atoms with Crippen molar-refractivity contribution in [2.45, 2.75) is 129 Å². The Morgan fingerprint density at radius 2 is 1.17 bits per heavy atom. The van der Waals surface area contributed by atoms with Crippen LogP contribution in [0.1, 0.15) is 123 Å². The number of hydrogen-bond acceptors (Lipinski definition) is 5. The summed E-state index contributed by atoms with van der Waals surface area (Å²) in [5, 5.41) is 0. The number of likely N-dealkylation sites (N-methyl/N-ethyl adjacent to an activating group) is 1. The van der Waals surface area contributed by atoms with Crippen LogP contribution in [-0.4, -0.2) is 64.0 Å². The van der Waals surface area contributed by atoms with Gasteiger partial charge in [-0.25, -0.2) is 0 Å². The molecule has 0 spiro atoms. The normalized spacial score (nSPS) is 12.6. The van der Waals surface area contributed by atoms with Crippen molar-refractivity contribution >= 4 is 5.97 Å². The molecule has 0 aromatic rings. The van der Waals surface area contributed by atoms with Gasteiger partial charge in [0.2, 0.25) is 0 Å². The lowest BCUT2D eigenvalue weighted by Crippen LogP contribution is -2.37. The minimum atomic E-state index is -0.0577. The zero-order chi connectivity index (χ0) is 25.8. The van der Waals surface area contributed by atoms with Gasteiger partial charge in [0, 0.05) is 19.6 Å². The van der Waals surface area contributed by atoms with Crippen molar-refractivity contribution in [3.05, 3.63) is 12.2 Å². The van der Waals surface area contributed by atoms with Crippen molar-refractivity contribution in [1.29, 1.82) is 0 Å². The first-order chi connectivity index (χ1) is 17.1. The standard InChI is InChI=1S/C30H59NO4/c1-5-7-8-19-22-25-33-27-29(31(3)4)28-34-26-23-20-17-15-13-11-9-10-12-14-16-18-21-24-30(32)35-6-2/h10,12,29H,5-9,11,13-28H2,1-4H3. The second-order valence-electron chi connectivity index (χ2n) is 9.97. The van der Waals surface area contributed by atoms with Crippen molar-refractivity contribution in [3.8, 4) is 0 Å². The summed E-state index contributed by atoms with van der Waals surface area (Å²) in [7, 11) is 4.23. The number of unbranched alkanes of at least 4 members (excludes halogenated alkanes) is 13. The summed E-state index contributed by atoms with van der Waals surface area (Å²) in [5.41, 5.74) is 0. The predicted molar refractivity (Wildman–Crippen MR) is 149 cm³/mol. The van der Waals surface area contributed by atoms with Crippen LogP contribution >= 0.6 is 0 Å². The lowest BCUT2D eigenvalue weighted by atomic mass is 10.1. The highest BCUT2D eigenvalue weighted by atomic mass is 16.5. The molecule has 0 bridgehead atoms. The van der Waals surface area contributed by atoms with Gasteiger partial charge in [0.1, 0.15) is 0 Å². The predicted octanol–water partition coefficient (Wildman–Crippen LogP) is 7.72. The number of ether oxygens (including phenoxy) is 3. The van der Waals surface area contributed by atoms with E-state index in [0.29, 0.717) is 19.1 Å². The third-order valence-electron chi connectivity index (χ3n) is 6.38. The molecule has 0 N–H and O–H groups in total. The smallest absolute Gasteiger partial charge is 0.305 e. The van der Waals surface area contributed by atoms with Crippen LogP contribution in [0.3, 0.4) is 0 Å². The van der Waals surface area contributed by atoms with Crippen LogP contribution in [0.15, 0.2) is 12.2 Å². The fourth-order valence-corrected chi connectivity index (χ4v) is 3.94. The number of rotatable bonds is 27. The summed E-state index contributed by atoms with van der Waals surface area (Å²) in [6, 6.07) is 0.350. The van der Waals surface area contributed by atoms with Crippen LogP contribution in [0.25, 0.3) is 0 Å². The number of allylic oxidation sites excluding steroid dienone is 2. The monoisotopic (exact) mass is 497 g/mol. The van der Waals surface area contributed by atoms with Gasteiger partial charge in [0.25, 0.3) is 0 Å². The van der Waals surface area contributed by atoms with Gasteiger partial charge in [-0.05, 0) is 66.0 Å². The third kappa shape index (κ3) is 26.0. The van der Waals surface area contributed by atoms with Crippen molar-refractivity contribution in [2.75, 3.05) is 47.1 Å². The maximum absolute atomic E-state index is 11.3. The van der Waals surface area contributed by atoms with Crippen molar-refractivity contribution in [1.82, 2.24) is 4.90 Å². The first kappa shape index (κ1) is 34.1. The van der Waals surface area contributed by atoms with Crippen LogP contribution < -0.4 is 0 Å². The summed E-state index contributed by atoms with van der Waals surface area (Å²) < 4.78 is 16.8. The van der Waals surface area contributed by atoms with E-state index in [2.05, 4.69) is 38.1 Å². The van der Waals surface area contributed by atoms with Gasteiger partial charge < -0.3 is 19.1 Å². The van der Waals surface area contributed by atoms with Crippen molar-refractivity contribution in [3.63, 3.8) is 0 Å². The van der Waals surface area contributed by atoms with Crippen LogP contribution in [0.4, 0.5) is 0 Å². The molecule has 5 heteroatoms. The largest absolute Gasteiger partial charge is 0.466 e. The van der Waals surface area contributed by atoms with Crippen LogP contribution in [-0.2, 0) is 19.0 Å². The molecule has 0 aliphatic carbocycles. The van der Waals surface area contributed by atoms with Gasteiger partial charge in [-0.2, -0.15) is 0 Å². The van der Waals surface area contributed by atoms with Gasteiger partial charge in [-0.1, -0.05) is 76.9 Å². The lowest BCUT2D eigenvalue weighted by molar-refractivity contribution is -0.143. The molecule has 0 amide bonds. The highest BCUT2D eigenvalue weighted by Gasteiger charge is 2.11. The van der Waals surface area contributed by atoms with E-state index in [-0.39, 0.29) is 5.97 Å². The van der Waals surface area contributed by atoms with E-state index >= 15 is 0 Å². The summed E-state index contributed by atoms with van der Waals surface area (Å²) in [6.45, 7) is 7.87. The first-order valence-corrected chi connectivity index (χ1v) is 14.7. The molecule has 0 fully saturated rings. The zero-order valence-corrected chi connectivity index (χ0v) is 23.9. The number of carbonyl (C=O) groups is 1. The summed E-state index contributed by atoms with van der Waals surface area (Å²) in [4.78, 5) is 13.5. The van der Waals surface area contributed by atoms with Gasteiger partial charge >= 0.3 is 5.97 Å². The third-order valence-corrected chi connectivity index (χ3v) is 6.38. The van der Waals surface area contributed by atoms with Crippen LogP contribution in [0, 0.1) is 0 Å². The van der Waals surface area contributed by atoms with E-state index in [1.807, 2.05) is 6.92 Å². The quantitative estimate of drug-likeness (QED) is 0.0660. The Bertz CT molecular complexity index is 467. The summed E-state index contributed by atoms with van der Waals surface area (Å²) >= 11 is 0. The van der Waals surface area contributed by atoms with Crippen molar-refractivity contribution < 1.29 is 19.0 Å². The molecule has 0 aliphatic heterocycles. The Morgan fingerprint density at radius 1 is 0.686 bits per heavy atom. The van der Waals surface area contributed by atoms with E-state index in [0.717, 1.165) is 52.1 Å². The number of nitrogens with zero attached hydrogens (tertiary/aromatic N) is 1. The van der Waals surface area contributed by atoms with Gasteiger partial charge in [-0.15, -0.1) is 0 Å². The molecule has 1 atom stereocenters. The second kappa shape index (κ2) is 27.7. The minimum absolute atomic E-state index is 0.0577. The first-order valence-electron chi connectivity index (χ1n) is 14.7. The summed E-state index contributed by atoms with van der Waals surface area (Å²) in [6.07, 6.45) is 24.9. The van der Waals surface area contributed by atoms with Gasteiger partial charge in [0.15, 0.2) is 0 Å².